The SMILES string of the molecule is CC(N)CC(C)(C)C1CCOC2(CCCCC2)C1. The van der Waals surface area contributed by atoms with Gasteiger partial charge in [0.25, 0.3) is 0 Å². The first-order chi connectivity index (χ1) is 8.44. The third-order valence-electron chi connectivity index (χ3n) is 5.21. The minimum atomic E-state index is 0.232. The molecule has 0 radical (unpaired) electrons. The van der Waals surface area contributed by atoms with Crippen molar-refractivity contribution in [2.24, 2.45) is 17.1 Å². The third-order valence-corrected chi connectivity index (χ3v) is 5.21. The molecule has 0 aromatic rings. The Morgan fingerprint density at radius 1 is 1.28 bits per heavy atom. The maximum atomic E-state index is 6.21. The predicted molar refractivity (Wildman–Crippen MR) is 76.5 cm³/mol. The number of hydrogen-bond acceptors (Lipinski definition) is 2. The molecule has 2 atom stereocenters. The van der Waals surface area contributed by atoms with Crippen molar-refractivity contribution in [1.29, 1.82) is 0 Å². The van der Waals surface area contributed by atoms with Crippen LogP contribution >= 0.6 is 0 Å². The Kier molecular flexibility index (Phi) is 4.38. The minimum absolute atomic E-state index is 0.232. The fraction of sp³-hybridized carbons (Fsp3) is 1.00. The van der Waals surface area contributed by atoms with E-state index in [-0.39, 0.29) is 5.60 Å². The van der Waals surface area contributed by atoms with Crippen molar-refractivity contribution in [3.8, 4) is 0 Å². The maximum absolute atomic E-state index is 6.21. The van der Waals surface area contributed by atoms with Gasteiger partial charge in [-0.2, -0.15) is 0 Å². The van der Waals surface area contributed by atoms with E-state index in [2.05, 4.69) is 20.8 Å². The maximum Gasteiger partial charge on any atom is 0.0685 e. The second kappa shape index (κ2) is 5.50. The summed E-state index contributed by atoms with van der Waals surface area (Å²) in [5.41, 5.74) is 6.62. The van der Waals surface area contributed by atoms with Gasteiger partial charge >= 0.3 is 0 Å². The van der Waals surface area contributed by atoms with Gasteiger partial charge in [-0.25, -0.2) is 0 Å². The number of hydrogen-bond donors (Lipinski definition) is 1. The van der Waals surface area contributed by atoms with Gasteiger partial charge in [0.15, 0.2) is 0 Å². The lowest BCUT2D eigenvalue weighted by Gasteiger charge is -2.48. The van der Waals surface area contributed by atoms with Crippen molar-refractivity contribution >= 4 is 0 Å². The summed E-state index contributed by atoms with van der Waals surface area (Å²) in [4.78, 5) is 0. The molecule has 18 heavy (non-hydrogen) atoms. The molecule has 0 aromatic carbocycles. The van der Waals surface area contributed by atoms with Gasteiger partial charge in [-0.3, -0.25) is 0 Å². The second-order valence-corrected chi connectivity index (χ2v) is 7.45. The van der Waals surface area contributed by atoms with E-state index in [9.17, 15) is 0 Å². The second-order valence-electron chi connectivity index (χ2n) is 7.45. The van der Waals surface area contributed by atoms with Crippen molar-refractivity contribution in [3.05, 3.63) is 0 Å². The normalized spacial score (nSPS) is 30.3. The Morgan fingerprint density at radius 3 is 2.56 bits per heavy atom. The van der Waals surface area contributed by atoms with E-state index >= 15 is 0 Å². The summed E-state index contributed by atoms with van der Waals surface area (Å²) in [7, 11) is 0. The van der Waals surface area contributed by atoms with Crippen LogP contribution in [-0.4, -0.2) is 18.2 Å². The zero-order chi connectivity index (χ0) is 13.2. The average Bonchev–Trinajstić information content (AvgIpc) is 2.28. The molecule has 1 aliphatic heterocycles. The molecule has 2 rings (SSSR count). The Labute approximate surface area is 113 Å². The van der Waals surface area contributed by atoms with E-state index in [0.717, 1.165) is 18.9 Å². The van der Waals surface area contributed by atoms with E-state index in [4.69, 9.17) is 10.5 Å². The van der Waals surface area contributed by atoms with Crippen LogP contribution in [0.25, 0.3) is 0 Å². The zero-order valence-electron chi connectivity index (χ0n) is 12.5. The summed E-state index contributed by atoms with van der Waals surface area (Å²) in [6.07, 6.45) is 10.3. The summed E-state index contributed by atoms with van der Waals surface area (Å²) in [5.74, 6) is 0.787. The van der Waals surface area contributed by atoms with Crippen LogP contribution < -0.4 is 5.73 Å². The van der Waals surface area contributed by atoms with Gasteiger partial charge in [0.05, 0.1) is 5.60 Å². The van der Waals surface area contributed by atoms with E-state index in [1.807, 2.05) is 0 Å². The zero-order valence-corrected chi connectivity index (χ0v) is 12.5. The van der Waals surface area contributed by atoms with Crippen LogP contribution in [-0.2, 0) is 4.74 Å². The molecule has 1 spiro atoms. The van der Waals surface area contributed by atoms with Gasteiger partial charge in [0.2, 0.25) is 0 Å². The molecule has 1 heterocycles. The Bertz CT molecular complexity index is 261. The van der Waals surface area contributed by atoms with Crippen LogP contribution in [0.4, 0.5) is 0 Å². The number of ether oxygens (including phenoxy) is 1. The fourth-order valence-electron chi connectivity index (χ4n) is 4.24. The molecule has 2 nitrogen and oxygen atoms in total. The van der Waals surface area contributed by atoms with Crippen molar-refractivity contribution in [2.75, 3.05) is 6.61 Å². The summed E-state index contributed by atoms with van der Waals surface area (Å²) < 4.78 is 6.21. The molecule has 106 valence electrons. The highest BCUT2D eigenvalue weighted by atomic mass is 16.5. The third kappa shape index (κ3) is 3.27. The summed E-state index contributed by atoms with van der Waals surface area (Å²) in [5, 5.41) is 0. The molecule has 1 aliphatic carbocycles. The molecule has 2 aliphatic rings. The van der Waals surface area contributed by atoms with Gasteiger partial charge in [-0.15, -0.1) is 0 Å². The summed E-state index contributed by atoms with van der Waals surface area (Å²) in [6.45, 7) is 7.91. The monoisotopic (exact) mass is 253 g/mol. The highest BCUT2D eigenvalue weighted by Crippen LogP contribution is 2.47. The van der Waals surface area contributed by atoms with E-state index in [1.54, 1.807) is 0 Å². The Morgan fingerprint density at radius 2 is 1.94 bits per heavy atom. The molecule has 0 bridgehead atoms. The molecule has 1 saturated heterocycles. The fourth-order valence-corrected chi connectivity index (χ4v) is 4.24. The van der Waals surface area contributed by atoms with E-state index < -0.39 is 0 Å². The van der Waals surface area contributed by atoms with E-state index in [1.165, 1.54) is 44.9 Å². The van der Waals surface area contributed by atoms with Crippen LogP contribution in [0.15, 0.2) is 0 Å². The first-order valence-corrected chi connectivity index (χ1v) is 7.83. The van der Waals surface area contributed by atoms with Crippen molar-refractivity contribution < 1.29 is 4.74 Å². The molecule has 0 amide bonds. The molecule has 2 unspecified atom stereocenters. The Hall–Kier alpha value is -0.0800. The van der Waals surface area contributed by atoms with Crippen molar-refractivity contribution in [1.82, 2.24) is 0 Å². The predicted octanol–water partition coefficient (Wildman–Crippen LogP) is 3.88. The standard InChI is InChI=1S/C16H31NO/c1-13(17)11-15(2,3)14-7-10-18-16(12-14)8-5-4-6-9-16/h13-14H,4-12,17H2,1-3H3. The first kappa shape index (κ1) is 14.3. The van der Waals surface area contributed by atoms with Gasteiger partial charge in [-0.05, 0) is 50.4 Å². The van der Waals surface area contributed by atoms with Crippen LogP contribution in [0.1, 0.15) is 72.1 Å². The smallest absolute Gasteiger partial charge is 0.0685 e. The number of nitrogens with two attached hydrogens (primary N) is 1. The molecular formula is C16H31NO. The lowest BCUT2D eigenvalue weighted by Crippen LogP contribution is -2.46. The minimum Gasteiger partial charge on any atom is -0.375 e. The average molecular weight is 253 g/mol. The number of rotatable bonds is 3. The van der Waals surface area contributed by atoms with Crippen LogP contribution in [0.5, 0.6) is 0 Å². The Balaban J connectivity index is 2.01. The highest BCUT2D eigenvalue weighted by Gasteiger charge is 2.43. The molecule has 2 heteroatoms. The lowest BCUT2D eigenvalue weighted by molar-refractivity contribution is -0.134. The van der Waals surface area contributed by atoms with Gasteiger partial charge in [0, 0.05) is 12.6 Å². The molecule has 0 aromatic heterocycles. The molecular weight excluding hydrogens is 222 g/mol. The summed E-state index contributed by atoms with van der Waals surface area (Å²) in [6, 6.07) is 0.310. The van der Waals surface area contributed by atoms with Gasteiger partial charge in [0.1, 0.15) is 0 Å². The van der Waals surface area contributed by atoms with Gasteiger partial charge < -0.3 is 10.5 Å². The van der Waals surface area contributed by atoms with Crippen LogP contribution in [0.3, 0.4) is 0 Å². The summed E-state index contributed by atoms with van der Waals surface area (Å²) >= 11 is 0. The van der Waals surface area contributed by atoms with Crippen molar-refractivity contribution in [3.63, 3.8) is 0 Å². The largest absolute Gasteiger partial charge is 0.375 e. The van der Waals surface area contributed by atoms with Crippen LogP contribution in [0, 0.1) is 11.3 Å². The quantitative estimate of drug-likeness (QED) is 0.828. The van der Waals surface area contributed by atoms with E-state index in [0.29, 0.717) is 11.5 Å². The first-order valence-electron chi connectivity index (χ1n) is 7.83. The van der Waals surface area contributed by atoms with Gasteiger partial charge in [-0.1, -0.05) is 33.1 Å². The molecule has 2 N–H and O–H groups in total. The molecule has 1 saturated carbocycles. The van der Waals surface area contributed by atoms with Crippen LogP contribution in [0.2, 0.25) is 0 Å². The highest BCUT2D eigenvalue weighted by molar-refractivity contribution is 4.94. The topological polar surface area (TPSA) is 35.2 Å². The van der Waals surface area contributed by atoms with Crippen molar-refractivity contribution in [2.45, 2.75) is 83.8 Å². The lowest BCUT2D eigenvalue weighted by atomic mass is 9.65. The molecule has 2 fully saturated rings.